The lowest BCUT2D eigenvalue weighted by molar-refractivity contribution is 2.37. The first-order chi connectivity index (χ1) is 3.15. The second kappa shape index (κ2) is 10.3. The van der Waals surface area contributed by atoms with Gasteiger partial charge in [-0.15, -0.1) is 0 Å². The van der Waals surface area contributed by atoms with Crippen molar-refractivity contribution < 1.29 is 0 Å². The van der Waals surface area contributed by atoms with E-state index in [1.165, 1.54) is 0 Å². The van der Waals surface area contributed by atoms with E-state index >= 15 is 0 Å². The molecule has 5 heteroatoms. The van der Waals surface area contributed by atoms with Crippen LogP contribution >= 0.6 is 46.1 Å². The molecule has 0 aromatic heterocycles. The monoisotopic (exact) mass is 178 g/mol. The molecule has 0 radical (unpaired) electrons. The van der Waals surface area contributed by atoms with Crippen LogP contribution in [0.25, 0.3) is 0 Å². The molecule has 7 heavy (non-hydrogen) atoms. The summed E-state index contributed by atoms with van der Waals surface area (Å²) in [5, 5.41) is 0. The molecule has 0 spiro atoms. The number of hydrogen-bond acceptors (Lipinski definition) is 1. The number of rotatable bonds is 0. The number of halogens is 3. The van der Waals surface area contributed by atoms with E-state index in [0.29, 0.717) is 0 Å². The van der Waals surface area contributed by atoms with Crippen molar-refractivity contribution in [2.45, 2.75) is 0 Å². The summed E-state index contributed by atoms with van der Waals surface area (Å²) in [4.78, 5) is -0.750. The molecule has 0 nitrogen and oxygen atoms in total. The van der Waals surface area contributed by atoms with Crippen LogP contribution in [0, 0.1) is 0 Å². The molecule has 0 saturated heterocycles. The van der Waals surface area contributed by atoms with Gasteiger partial charge in [0.2, 0.25) is 0 Å². The molecular formula is C2H6BCl3S. The van der Waals surface area contributed by atoms with Crippen LogP contribution in [-0.4, -0.2) is 17.5 Å². The minimum Gasteiger partial charge on any atom is -0.169 e. The smallest absolute Gasteiger partial charge is 0.169 e. The standard InChI is InChI=1S/C2H6S.BCl3/c1-3-2;2-1(3)4/h1-2H3;. The summed E-state index contributed by atoms with van der Waals surface area (Å²) < 4.78 is 0. The first kappa shape index (κ1) is 11.1. The van der Waals surface area contributed by atoms with Crippen LogP contribution in [-0.2, 0) is 0 Å². The normalized spacial score (nSPS) is 6.43. The Morgan fingerprint density at radius 1 is 1.14 bits per heavy atom. The maximum Gasteiger partial charge on any atom is 0.450 e. The van der Waals surface area contributed by atoms with Gasteiger partial charge in [-0.1, -0.05) is 0 Å². The quantitative estimate of drug-likeness (QED) is 0.515. The molecule has 0 saturated carbocycles. The molecule has 0 heterocycles. The zero-order valence-corrected chi connectivity index (χ0v) is 7.20. The molecule has 0 amide bonds. The fraction of sp³-hybridized carbons (Fsp3) is 1.00. The van der Waals surface area contributed by atoms with Crippen molar-refractivity contribution in [1.82, 2.24) is 0 Å². The number of hydrogen-bond donors (Lipinski definition) is 0. The van der Waals surface area contributed by atoms with Crippen molar-refractivity contribution in [3.05, 3.63) is 0 Å². The summed E-state index contributed by atoms with van der Waals surface area (Å²) in [6.45, 7) is 0. The number of thioether (sulfide) groups is 1. The Morgan fingerprint density at radius 2 is 1.14 bits per heavy atom. The lowest BCUT2D eigenvalue weighted by Gasteiger charge is -1.61. The Hall–Kier alpha value is 1.28. The zero-order chi connectivity index (χ0) is 6.28. The Bertz CT molecular complexity index is 24.1. The van der Waals surface area contributed by atoms with Crippen LogP contribution < -0.4 is 0 Å². The topological polar surface area (TPSA) is 0 Å². The van der Waals surface area contributed by atoms with Crippen molar-refractivity contribution in [1.29, 1.82) is 0 Å². The van der Waals surface area contributed by atoms with Crippen LogP contribution in [0.2, 0.25) is 0 Å². The van der Waals surface area contributed by atoms with Gasteiger partial charge in [-0.2, -0.15) is 46.1 Å². The summed E-state index contributed by atoms with van der Waals surface area (Å²) in [6.07, 6.45) is 4.08. The van der Waals surface area contributed by atoms with Crippen molar-refractivity contribution in [3.8, 4) is 0 Å². The van der Waals surface area contributed by atoms with Crippen molar-refractivity contribution in [2.24, 2.45) is 0 Å². The fourth-order valence-electron chi connectivity index (χ4n) is 0. The second-order valence-electron chi connectivity index (χ2n) is 0.656. The highest BCUT2D eigenvalue weighted by Gasteiger charge is 1.91. The van der Waals surface area contributed by atoms with Gasteiger partial charge in [0.15, 0.2) is 0 Å². The Kier molecular flexibility index (Phi) is 16.4. The van der Waals surface area contributed by atoms with E-state index in [0.717, 1.165) is 0 Å². The molecule has 0 unspecified atom stereocenters. The molecule has 0 bridgehead atoms. The zero-order valence-electron chi connectivity index (χ0n) is 4.12. The van der Waals surface area contributed by atoms with Gasteiger partial charge in [-0.3, -0.25) is 0 Å². The first-order valence-electron chi connectivity index (χ1n) is 1.47. The fourth-order valence-corrected chi connectivity index (χ4v) is 0. The minimum atomic E-state index is -0.750. The molecular weight excluding hydrogens is 173 g/mol. The van der Waals surface area contributed by atoms with Gasteiger partial charge in [0.25, 0.3) is 0 Å². The van der Waals surface area contributed by atoms with E-state index in [-0.39, 0.29) is 0 Å². The van der Waals surface area contributed by atoms with Crippen LogP contribution in [0.5, 0.6) is 0 Å². The summed E-state index contributed by atoms with van der Waals surface area (Å²) >= 11 is 16.2. The summed E-state index contributed by atoms with van der Waals surface area (Å²) in [5.74, 6) is 0. The molecule has 0 aliphatic rings. The molecule has 0 aromatic carbocycles. The third-order valence-corrected chi connectivity index (χ3v) is 0. The molecule has 0 rings (SSSR count). The summed E-state index contributed by atoms with van der Waals surface area (Å²) in [6, 6.07) is 0. The molecule has 0 N–H and O–H groups in total. The molecule has 0 aliphatic carbocycles. The van der Waals surface area contributed by atoms with E-state index in [1.807, 2.05) is 12.5 Å². The van der Waals surface area contributed by atoms with E-state index in [9.17, 15) is 0 Å². The largest absolute Gasteiger partial charge is 0.450 e. The van der Waals surface area contributed by atoms with Gasteiger partial charge >= 0.3 is 4.96 Å². The second-order valence-corrected chi connectivity index (χ2v) is 3.45. The van der Waals surface area contributed by atoms with E-state index in [4.69, 9.17) is 34.4 Å². The molecule has 0 atom stereocenters. The molecule has 0 fully saturated rings. The summed E-state index contributed by atoms with van der Waals surface area (Å²) in [7, 11) is 0. The van der Waals surface area contributed by atoms with Crippen molar-refractivity contribution >= 4 is 51.1 Å². The predicted molar refractivity (Wildman–Crippen MR) is 42.8 cm³/mol. The maximum absolute atomic E-state index is 4.81. The van der Waals surface area contributed by atoms with Crippen molar-refractivity contribution in [3.63, 3.8) is 0 Å². The van der Waals surface area contributed by atoms with Crippen LogP contribution in [0.15, 0.2) is 0 Å². The lowest BCUT2D eigenvalue weighted by Crippen LogP contribution is -1.66. The van der Waals surface area contributed by atoms with Crippen molar-refractivity contribution in [2.75, 3.05) is 12.5 Å². The Morgan fingerprint density at radius 3 is 1.14 bits per heavy atom. The van der Waals surface area contributed by atoms with Gasteiger partial charge in [0, 0.05) is 0 Å². The Balaban J connectivity index is 0. The first-order valence-corrected chi connectivity index (χ1v) is 4.41. The lowest BCUT2D eigenvalue weighted by atomic mass is 10.7. The molecule has 44 valence electrons. The Labute approximate surface area is 63.7 Å². The highest BCUT2D eigenvalue weighted by Crippen LogP contribution is 1.97. The van der Waals surface area contributed by atoms with Crippen LogP contribution in [0.3, 0.4) is 0 Å². The van der Waals surface area contributed by atoms with E-state index in [1.54, 1.807) is 11.8 Å². The average Bonchev–Trinajstić information content (AvgIpc) is 1.33. The predicted octanol–water partition coefficient (Wildman–Crippen LogP) is 2.67. The van der Waals surface area contributed by atoms with E-state index in [2.05, 4.69) is 0 Å². The SMILES string of the molecule is CSC.ClB(Cl)Cl. The van der Waals surface area contributed by atoms with Gasteiger partial charge in [-0.05, 0) is 12.5 Å². The third kappa shape index (κ3) is 123. The van der Waals surface area contributed by atoms with Crippen LogP contribution in [0.1, 0.15) is 0 Å². The summed E-state index contributed by atoms with van der Waals surface area (Å²) in [5.41, 5.74) is 0. The third-order valence-electron chi connectivity index (χ3n) is 0. The van der Waals surface area contributed by atoms with Gasteiger partial charge < -0.3 is 0 Å². The van der Waals surface area contributed by atoms with Gasteiger partial charge in [0.05, 0.1) is 0 Å². The van der Waals surface area contributed by atoms with Gasteiger partial charge in [-0.25, -0.2) is 0 Å². The van der Waals surface area contributed by atoms with Crippen LogP contribution in [0.4, 0.5) is 0 Å². The van der Waals surface area contributed by atoms with Gasteiger partial charge in [0.1, 0.15) is 0 Å². The van der Waals surface area contributed by atoms with E-state index < -0.39 is 4.96 Å². The molecule has 0 aliphatic heterocycles. The average molecular weight is 179 g/mol. The highest BCUT2D eigenvalue weighted by molar-refractivity contribution is 7.97. The molecule has 0 aromatic rings. The minimum absolute atomic E-state index is 0.750. The highest BCUT2D eigenvalue weighted by atomic mass is 35.6. The maximum atomic E-state index is 4.81.